The van der Waals surface area contributed by atoms with Gasteiger partial charge in [0.1, 0.15) is 5.60 Å². The minimum absolute atomic E-state index is 0. The van der Waals surface area contributed by atoms with Crippen molar-refractivity contribution in [1.82, 2.24) is 20.5 Å². The first kappa shape index (κ1) is 26.9. The molecule has 1 aromatic heterocycles. The summed E-state index contributed by atoms with van der Waals surface area (Å²) in [5, 5.41) is 9.61. The van der Waals surface area contributed by atoms with E-state index in [1.165, 1.54) is 0 Å². The van der Waals surface area contributed by atoms with E-state index in [0.29, 0.717) is 6.54 Å². The molecular weight excluding hydrogens is 513 g/mol. The Kier molecular flexibility index (Phi) is 10.3. The molecule has 2 rings (SSSR count). The highest BCUT2D eigenvalue weighted by Crippen LogP contribution is 2.24. The van der Waals surface area contributed by atoms with E-state index < -0.39 is 5.60 Å². The molecule has 0 radical (unpaired) electrons. The largest absolute Gasteiger partial charge is 0.444 e. The number of aliphatic imine (C=N–C) groups is 1. The number of rotatable bonds is 5. The molecule has 2 N–H and O–H groups in total. The number of hydrogen-bond acceptors (Lipinski definition) is 5. The van der Waals surface area contributed by atoms with Gasteiger partial charge in [-0.3, -0.25) is 4.99 Å². The lowest BCUT2D eigenvalue weighted by atomic mass is 9.93. The Balaban J connectivity index is 0.00000450. The molecule has 2 heterocycles. The topological polar surface area (TPSA) is 78.9 Å². The fourth-order valence-electron chi connectivity index (χ4n) is 3.00. The summed E-state index contributed by atoms with van der Waals surface area (Å²) in [5.74, 6) is 0.897. The Morgan fingerprint density at radius 2 is 2.03 bits per heavy atom. The molecule has 1 aromatic rings. The summed E-state index contributed by atoms with van der Waals surface area (Å²) in [6.07, 6.45) is 1.36. The Hall–Kier alpha value is -1.10. The smallest absolute Gasteiger partial charge is 0.407 e. The molecule has 172 valence electrons. The zero-order chi connectivity index (χ0) is 21.7. The van der Waals surface area contributed by atoms with Gasteiger partial charge in [-0.2, -0.15) is 0 Å². The molecule has 0 saturated carbocycles. The van der Waals surface area contributed by atoms with Gasteiger partial charge in [-0.1, -0.05) is 20.8 Å². The summed E-state index contributed by atoms with van der Waals surface area (Å²) in [7, 11) is 0. The maximum Gasteiger partial charge on any atom is 0.407 e. The minimum atomic E-state index is -0.485. The Bertz CT molecular complexity index is 709. The third-order valence-electron chi connectivity index (χ3n) is 4.45. The molecule has 1 aliphatic rings. The van der Waals surface area contributed by atoms with Crippen molar-refractivity contribution in [3.63, 3.8) is 0 Å². The third-order valence-corrected chi connectivity index (χ3v) is 5.36. The van der Waals surface area contributed by atoms with Crippen LogP contribution in [0.4, 0.5) is 4.79 Å². The second-order valence-corrected chi connectivity index (χ2v) is 10.4. The van der Waals surface area contributed by atoms with Crippen LogP contribution in [0.15, 0.2) is 10.4 Å². The van der Waals surface area contributed by atoms with E-state index in [-0.39, 0.29) is 41.5 Å². The number of alkyl carbamates (subject to hydrolysis) is 1. The van der Waals surface area contributed by atoms with Crippen molar-refractivity contribution in [2.75, 3.05) is 26.2 Å². The maximum absolute atomic E-state index is 12.0. The number of amides is 1. The lowest BCUT2D eigenvalue weighted by Crippen LogP contribution is -2.44. The van der Waals surface area contributed by atoms with Crippen LogP contribution in [-0.4, -0.2) is 59.8 Å². The van der Waals surface area contributed by atoms with E-state index in [1.807, 2.05) is 20.8 Å². The van der Waals surface area contributed by atoms with Crippen molar-refractivity contribution < 1.29 is 9.53 Å². The summed E-state index contributed by atoms with van der Waals surface area (Å²) in [6.45, 7) is 17.3. The number of nitrogens with one attached hydrogen (secondary N) is 2. The number of aromatic nitrogens is 1. The SMILES string of the molecule is CCNC(=NCCc1nc(C(C)(C)C)cs1)N1CCC(NC(=O)OC(C)(C)C)C1.I. The number of carbonyl (C=O) groups excluding carboxylic acids is 1. The number of hydrogen-bond donors (Lipinski definition) is 2. The van der Waals surface area contributed by atoms with Crippen molar-refractivity contribution in [2.24, 2.45) is 4.99 Å². The predicted molar refractivity (Wildman–Crippen MR) is 135 cm³/mol. The number of nitrogens with zero attached hydrogens (tertiary/aromatic N) is 3. The van der Waals surface area contributed by atoms with Crippen molar-refractivity contribution in [2.45, 2.75) is 78.4 Å². The molecule has 30 heavy (non-hydrogen) atoms. The quantitative estimate of drug-likeness (QED) is 0.327. The summed E-state index contributed by atoms with van der Waals surface area (Å²) >= 11 is 1.71. The van der Waals surface area contributed by atoms with E-state index in [2.05, 4.69) is 48.6 Å². The highest BCUT2D eigenvalue weighted by atomic mass is 127. The molecule has 1 aliphatic heterocycles. The second-order valence-electron chi connectivity index (χ2n) is 9.44. The Morgan fingerprint density at radius 1 is 1.33 bits per heavy atom. The summed E-state index contributed by atoms with van der Waals surface area (Å²) in [6, 6.07) is 0.0713. The van der Waals surface area contributed by atoms with Crippen molar-refractivity contribution in [3.05, 3.63) is 16.1 Å². The fourth-order valence-corrected chi connectivity index (χ4v) is 4.01. The van der Waals surface area contributed by atoms with Gasteiger partial charge in [-0.15, -0.1) is 35.3 Å². The zero-order valence-electron chi connectivity index (χ0n) is 19.4. The molecule has 1 saturated heterocycles. The number of halogens is 1. The van der Waals surface area contributed by atoms with Gasteiger partial charge >= 0.3 is 6.09 Å². The second kappa shape index (κ2) is 11.5. The van der Waals surface area contributed by atoms with E-state index in [0.717, 1.165) is 49.1 Å². The molecule has 7 nitrogen and oxygen atoms in total. The third kappa shape index (κ3) is 8.95. The standard InChI is InChI=1S/C21H37N5O2S.HI/c1-8-22-18(23-11-9-17-25-16(14-29-17)20(2,3)4)26-12-10-15(13-26)24-19(27)28-21(5,6)7;/h14-15H,8-13H2,1-7H3,(H,22,23)(H,24,27);1H. The van der Waals surface area contributed by atoms with Crippen LogP contribution in [0.1, 0.15) is 65.6 Å². The molecule has 0 aliphatic carbocycles. The molecule has 1 unspecified atom stereocenters. The highest BCUT2D eigenvalue weighted by molar-refractivity contribution is 14.0. The van der Waals surface area contributed by atoms with E-state index in [4.69, 9.17) is 14.7 Å². The van der Waals surface area contributed by atoms with Crippen molar-refractivity contribution >= 4 is 47.4 Å². The molecule has 1 amide bonds. The Morgan fingerprint density at radius 3 is 2.60 bits per heavy atom. The van der Waals surface area contributed by atoms with Crippen LogP contribution < -0.4 is 10.6 Å². The maximum atomic E-state index is 12.0. The highest BCUT2D eigenvalue weighted by Gasteiger charge is 2.27. The monoisotopic (exact) mass is 551 g/mol. The van der Waals surface area contributed by atoms with Gasteiger partial charge in [-0.05, 0) is 34.1 Å². The Labute approximate surface area is 202 Å². The first-order valence-electron chi connectivity index (χ1n) is 10.5. The average Bonchev–Trinajstić information content (AvgIpc) is 3.21. The van der Waals surface area contributed by atoms with Gasteiger partial charge in [0, 0.05) is 43.4 Å². The van der Waals surface area contributed by atoms with E-state index in [1.54, 1.807) is 11.3 Å². The van der Waals surface area contributed by atoms with Gasteiger partial charge in [0.15, 0.2) is 5.96 Å². The number of likely N-dealkylation sites (tertiary alicyclic amines) is 1. The lowest BCUT2D eigenvalue weighted by molar-refractivity contribution is 0.0507. The molecule has 0 spiro atoms. The molecular formula is C21H38IN5O2S. The van der Waals surface area contributed by atoms with Crippen LogP contribution in [0.3, 0.4) is 0 Å². The number of thiazole rings is 1. The zero-order valence-corrected chi connectivity index (χ0v) is 22.5. The summed E-state index contributed by atoms with van der Waals surface area (Å²) in [5.41, 5.74) is 0.740. The van der Waals surface area contributed by atoms with Crippen LogP contribution in [0.2, 0.25) is 0 Å². The normalized spacial score (nSPS) is 17.5. The first-order valence-corrected chi connectivity index (χ1v) is 11.3. The van der Waals surface area contributed by atoms with Crippen LogP contribution in [0.5, 0.6) is 0 Å². The van der Waals surface area contributed by atoms with Crippen molar-refractivity contribution in [3.8, 4) is 0 Å². The van der Waals surface area contributed by atoms with Gasteiger partial charge in [0.25, 0.3) is 0 Å². The molecule has 1 atom stereocenters. The number of carbonyl (C=O) groups is 1. The average molecular weight is 552 g/mol. The molecule has 0 aromatic carbocycles. The van der Waals surface area contributed by atoms with E-state index in [9.17, 15) is 4.79 Å². The lowest BCUT2D eigenvalue weighted by Gasteiger charge is -2.23. The van der Waals surface area contributed by atoms with Gasteiger partial charge < -0.3 is 20.3 Å². The van der Waals surface area contributed by atoms with Gasteiger partial charge in [0.2, 0.25) is 0 Å². The first-order chi connectivity index (χ1) is 13.5. The van der Waals surface area contributed by atoms with Gasteiger partial charge in [0.05, 0.1) is 16.7 Å². The minimum Gasteiger partial charge on any atom is -0.444 e. The fraction of sp³-hybridized carbons (Fsp3) is 0.762. The van der Waals surface area contributed by atoms with Gasteiger partial charge in [-0.25, -0.2) is 9.78 Å². The van der Waals surface area contributed by atoms with Crippen LogP contribution in [0, 0.1) is 0 Å². The number of guanidine groups is 1. The van der Waals surface area contributed by atoms with Crippen LogP contribution >= 0.6 is 35.3 Å². The van der Waals surface area contributed by atoms with Crippen LogP contribution in [0.25, 0.3) is 0 Å². The summed E-state index contributed by atoms with van der Waals surface area (Å²) in [4.78, 5) is 23.8. The summed E-state index contributed by atoms with van der Waals surface area (Å²) < 4.78 is 5.36. The van der Waals surface area contributed by atoms with E-state index >= 15 is 0 Å². The molecule has 1 fully saturated rings. The van der Waals surface area contributed by atoms with Crippen molar-refractivity contribution in [1.29, 1.82) is 0 Å². The van der Waals surface area contributed by atoms with Crippen LogP contribution in [-0.2, 0) is 16.6 Å². The molecule has 0 bridgehead atoms. The molecule has 9 heteroatoms. The predicted octanol–water partition coefficient (Wildman–Crippen LogP) is 4.17. The number of ether oxygens (including phenoxy) is 1.